The van der Waals surface area contributed by atoms with Crippen LogP contribution >= 0.6 is 0 Å². The highest BCUT2D eigenvalue weighted by atomic mass is 16.5. The summed E-state index contributed by atoms with van der Waals surface area (Å²) in [5.74, 6) is 0.728. The van der Waals surface area contributed by atoms with E-state index < -0.39 is 0 Å². The van der Waals surface area contributed by atoms with Gasteiger partial charge in [-0.25, -0.2) is 0 Å². The molecule has 4 heteroatoms. The number of piperazine rings is 1. The van der Waals surface area contributed by atoms with Crippen molar-refractivity contribution in [3.05, 3.63) is 0 Å². The maximum atomic E-state index is 5.86. The van der Waals surface area contributed by atoms with E-state index >= 15 is 0 Å². The molecule has 2 N–H and O–H groups in total. The average molecular weight is 227 g/mol. The van der Waals surface area contributed by atoms with Crippen molar-refractivity contribution in [2.24, 2.45) is 11.7 Å². The van der Waals surface area contributed by atoms with Crippen LogP contribution in [0, 0.1) is 5.92 Å². The Hall–Kier alpha value is -0.160. The van der Waals surface area contributed by atoms with Gasteiger partial charge in [0.25, 0.3) is 0 Å². The fourth-order valence-electron chi connectivity index (χ4n) is 2.80. The molecule has 0 saturated carbocycles. The minimum absolute atomic E-state index is 0.542. The highest BCUT2D eigenvalue weighted by Gasteiger charge is 2.26. The molecule has 0 spiro atoms. The third-order valence-corrected chi connectivity index (χ3v) is 3.83. The quantitative estimate of drug-likeness (QED) is 0.736. The number of hydrogen-bond donors (Lipinski definition) is 1. The second-order valence-electron chi connectivity index (χ2n) is 5.23. The standard InChI is InChI=1S/C12H25N3O/c1-14-4-5-15(12(7-13)9-14)8-11-3-2-6-16-10-11/h11-12H,2-10,13H2,1H3. The van der Waals surface area contributed by atoms with Crippen LogP contribution in [-0.4, -0.2) is 68.8 Å². The van der Waals surface area contributed by atoms with Crippen molar-refractivity contribution >= 4 is 0 Å². The fourth-order valence-corrected chi connectivity index (χ4v) is 2.80. The van der Waals surface area contributed by atoms with Gasteiger partial charge in [0.2, 0.25) is 0 Å². The Morgan fingerprint density at radius 3 is 2.94 bits per heavy atom. The van der Waals surface area contributed by atoms with Gasteiger partial charge in [0.15, 0.2) is 0 Å². The molecule has 2 unspecified atom stereocenters. The largest absolute Gasteiger partial charge is 0.381 e. The number of ether oxygens (including phenoxy) is 1. The lowest BCUT2D eigenvalue weighted by molar-refractivity contribution is 0.0158. The van der Waals surface area contributed by atoms with E-state index in [2.05, 4.69) is 16.8 Å². The van der Waals surface area contributed by atoms with E-state index in [1.807, 2.05) is 0 Å². The van der Waals surface area contributed by atoms with Crippen LogP contribution in [0.25, 0.3) is 0 Å². The van der Waals surface area contributed by atoms with Crippen molar-refractivity contribution in [1.82, 2.24) is 9.80 Å². The van der Waals surface area contributed by atoms with E-state index in [9.17, 15) is 0 Å². The van der Waals surface area contributed by atoms with Gasteiger partial charge in [-0.05, 0) is 25.8 Å². The van der Waals surface area contributed by atoms with Gasteiger partial charge in [-0.15, -0.1) is 0 Å². The summed E-state index contributed by atoms with van der Waals surface area (Å²) < 4.78 is 5.55. The first-order chi connectivity index (χ1) is 7.79. The van der Waals surface area contributed by atoms with Gasteiger partial charge >= 0.3 is 0 Å². The zero-order chi connectivity index (χ0) is 11.4. The normalized spacial score (nSPS) is 34.1. The van der Waals surface area contributed by atoms with Crippen molar-refractivity contribution in [3.8, 4) is 0 Å². The average Bonchev–Trinajstić information content (AvgIpc) is 2.33. The van der Waals surface area contributed by atoms with Crippen LogP contribution in [0.1, 0.15) is 12.8 Å². The van der Waals surface area contributed by atoms with Gasteiger partial charge in [0.1, 0.15) is 0 Å². The van der Waals surface area contributed by atoms with Gasteiger partial charge < -0.3 is 15.4 Å². The molecule has 0 aromatic heterocycles. The highest BCUT2D eigenvalue weighted by Crippen LogP contribution is 2.17. The SMILES string of the molecule is CN1CCN(CC2CCCOC2)C(CN)C1. The Kier molecular flexibility index (Phi) is 4.58. The third-order valence-electron chi connectivity index (χ3n) is 3.83. The zero-order valence-electron chi connectivity index (χ0n) is 10.4. The predicted octanol–water partition coefficient (Wildman–Crippen LogP) is -0.0123. The topological polar surface area (TPSA) is 41.7 Å². The molecule has 2 saturated heterocycles. The third kappa shape index (κ3) is 3.17. The summed E-state index contributed by atoms with van der Waals surface area (Å²) in [4.78, 5) is 4.95. The van der Waals surface area contributed by atoms with Crippen molar-refractivity contribution < 1.29 is 4.74 Å². The molecule has 0 radical (unpaired) electrons. The zero-order valence-corrected chi connectivity index (χ0v) is 10.4. The number of likely N-dealkylation sites (N-methyl/N-ethyl adjacent to an activating group) is 1. The van der Waals surface area contributed by atoms with Gasteiger partial charge in [0, 0.05) is 45.4 Å². The Labute approximate surface area is 98.7 Å². The summed E-state index contributed by atoms with van der Waals surface area (Å²) in [6, 6.07) is 0.542. The van der Waals surface area contributed by atoms with Crippen LogP contribution in [0.4, 0.5) is 0 Å². The Morgan fingerprint density at radius 2 is 2.25 bits per heavy atom. The first-order valence-electron chi connectivity index (χ1n) is 6.50. The van der Waals surface area contributed by atoms with Crippen LogP contribution in [0.2, 0.25) is 0 Å². The molecule has 0 bridgehead atoms. The van der Waals surface area contributed by atoms with E-state index in [4.69, 9.17) is 10.5 Å². The number of nitrogens with zero attached hydrogens (tertiary/aromatic N) is 2. The molecular formula is C12H25N3O. The van der Waals surface area contributed by atoms with Gasteiger partial charge in [-0.1, -0.05) is 0 Å². The molecule has 2 atom stereocenters. The maximum Gasteiger partial charge on any atom is 0.0506 e. The maximum absolute atomic E-state index is 5.86. The van der Waals surface area contributed by atoms with Crippen LogP contribution < -0.4 is 5.73 Å². The first-order valence-corrected chi connectivity index (χ1v) is 6.50. The second kappa shape index (κ2) is 5.96. The predicted molar refractivity (Wildman–Crippen MR) is 65.5 cm³/mol. The summed E-state index contributed by atoms with van der Waals surface area (Å²) >= 11 is 0. The minimum atomic E-state index is 0.542. The molecule has 4 nitrogen and oxygen atoms in total. The molecule has 2 rings (SSSR count). The van der Waals surface area contributed by atoms with Gasteiger partial charge in [-0.2, -0.15) is 0 Å². The summed E-state index contributed by atoms with van der Waals surface area (Å²) in [6.45, 7) is 7.31. The number of rotatable bonds is 3. The lowest BCUT2D eigenvalue weighted by Crippen LogP contribution is -2.56. The molecule has 16 heavy (non-hydrogen) atoms. The van der Waals surface area contributed by atoms with Crippen LogP contribution in [0.3, 0.4) is 0 Å². The monoisotopic (exact) mass is 227 g/mol. The fraction of sp³-hybridized carbons (Fsp3) is 1.00. The Morgan fingerprint density at radius 1 is 1.38 bits per heavy atom. The molecule has 2 fully saturated rings. The van der Waals surface area contributed by atoms with E-state index in [0.717, 1.165) is 38.8 Å². The Balaban J connectivity index is 1.82. The smallest absolute Gasteiger partial charge is 0.0506 e. The molecule has 2 aliphatic heterocycles. The van der Waals surface area contributed by atoms with Crippen molar-refractivity contribution in [3.63, 3.8) is 0 Å². The molecule has 0 amide bonds. The van der Waals surface area contributed by atoms with E-state index in [1.165, 1.54) is 25.9 Å². The summed E-state index contributed by atoms with van der Waals surface area (Å²) in [5.41, 5.74) is 5.86. The number of nitrogens with two attached hydrogens (primary N) is 1. The van der Waals surface area contributed by atoms with Crippen LogP contribution in [0.5, 0.6) is 0 Å². The summed E-state index contributed by atoms with van der Waals surface area (Å²) in [7, 11) is 2.18. The van der Waals surface area contributed by atoms with Gasteiger partial charge in [0.05, 0.1) is 6.61 Å². The van der Waals surface area contributed by atoms with Crippen LogP contribution in [-0.2, 0) is 4.74 Å². The van der Waals surface area contributed by atoms with E-state index in [0.29, 0.717) is 6.04 Å². The molecule has 0 aromatic carbocycles. The molecule has 2 heterocycles. The highest BCUT2D eigenvalue weighted by molar-refractivity contribution is 4.83. The molecular weight excluding hydrogens is 202 g/mol. The molecule has 0 aliphatic carbocycles. The first kappa shape index (κ1) is 12.3. The number of hydrogen-bond acceptors (Lipinski definition) is 4. The lowest BCUT2D eigenvalue weighted by Gasteiger charge is -2.41. The van der Waals surface area contributed by atoms with E-state index in [1.54, 1.807) is 0 Å². The molecule has 94 valence electrons. The van der Waals surface area contributed by atoms with Crippen LogP contribution in [0.15, 0.2) is 0 Å². The van der Waals surface area contributed by atoms with Crippen molar-refractivity contribution in [2.45, 2.75) is 18.9 Å². The summed E-state index contributed by atoms with van der Waals surface area (Å²) in [6.07, 6.45) is 2.55. The second-order valence-corrected chi connectivity index (χ2v) is 5.23. The Bertz CT molecular complexity index is 206. The molecule has 0 aromatic rings. The minimum Gasteiger partial charge on any atom is -0.381 e. The van der Waals surface area contributed by atoms with E-state index in [-0.39, 0.29) is 0 Å². The van der Waals surface area contributed by atoms with Crippen molar-refractivity contribution in [2.75, 3.05) is 53.0 Å². The summed E-state index contributed by atoms with van der Waals surface area (Å²) in [5, 5.41) is 0. The lowest BCUT2D eigenvalue weighted by atomic mass is 10.00. The van der Waals surface area contributed by atoms with Crippen molar-refractivity contribution in [1.29, 1.82) is 0 Å². The van der Waals surface area contributed by atoms with Gasteiger partial charge in [-0.3, -0.25) is 4.90 Å². The molecule has 2 aliphatic rings.